The van der Waals surface area contributed by atoms with Gasteiger partial charge in [0.1, 0.15) is 17.5 Å². The molecule has 2 amide bonds. The summed E-state index contributed by atoms with van der Waals surface area (Å²) in [5.74, 6) is 1.13. The average Bonchev–Trinajstić information content (AvgIpc) is 3.42. The molecule has 1 heterocycles. The maximum Gasteiger partial charge on any atom is 0.247 e. The van der Waals surface area contributed by atoms with Crippen molar-refractivity contribution < 1.29 is 19.1 Å². The Kier molecular flexibility index (Phi) is 9.01. The van der Waals surface area contributed by atoms with Crippen LogP contribution in [0.15, 0.2) is 66.0 Å². The van der Waals surface area contributed by atoms with Crippen molar-refractivity contribution in [3.05, 3.63) is 82.0 Å². The summed E-state index contributed by atoms with van der Waals surface area (Å²) in [5, 5.41) is 5.22. The van der Waals surface area contributed by atoms with Crippen molar-refractivity contribution in [3.63, 3.8) is 0 Å². The fourth-order valence-electron chi connectivity index (χ4n) is 4.79. The number of carbonyl (C=O) groups is 2. The Balaban J connectivity index is 1.72. The number of hydrogen-bond acceptors (Lipinski definition) is 5. The van der Waals surface area contributed by atoms with E-state index in [1.165, 1.54) is 6.42 Å². The van der Waals surface area contributed by atoms with E-state index >= 15 is 0 Å². The van der Waals surface area contributed by atoms with Gasteiger partial charge in [-0.3, -0.25) is 9.59 Å². The monoisotopic (exact) mass is 506 g/mol. The molecule has 6 nitrogen and oxygen atoms in total. The maximum atomic E-state index is 13.9. The molecule has 0 bridgehead atoms. The van der Waals surface area contributed by atoms with Crippen molar-refractivity contribution >= 4 is 23.2 Å². The maximum absolute atomic E-state index is 13.9. The predicted octanol–water partition coefficient (Wildman–Crippen LogP) is 5.53. The molecule has 0 radical (unpaired) electrons. The summed E-state index contributed by atoms with van der Waals surface area (Å²) >= 11 is 1.54. The first-order chi connectivity index (χ1) is 17.6. The van der Waals surface area contributed by atoms with Crippen LogP contribution in [0, 0.1) is 0 Å². The third kappa shape index (κ3) is 6.46. The quantitative estimate of drug-likeness (QED) is 0.393. The first-order valence-electron chi connectivity index (χ1n) is 12.5. The number of nitrogens with zero attached hydrogens (tertiary/aromatic N) is 1. The lowest BCUT2D eigenvalue weighted by atomic mass is 9.94. The molecule has 3 aromatic rings. The lowest BCUT2D eigenvalue weighted by molar-refractivity contribution is -0.141. The van der Waals surface area contributed by atoms with Gasteiger partial charge in [0.25, 0.3) is 0 Å². The second kappa shape index (κ2) is 12.6. The third-order valence-corrected chi connectivity index (χ3v) is 7.58. The molecule has 1 atom stereocenters. The molecule has 1 aliphatic carbocycles. The van der Waals surface area contributed by atoms with E-state index in [9.17, 15) is 9.59 Å². The zero-order valence-corrected chi connectivity index (χ0v) is 21.8. The molecule has 190 valence electrons. The molecular weight excluding hydrogens is 472 g/mol. The normalized spacial score (nSPS) is 14.6. The molecule has 0 spiro atoms. The van der Waals surface area contributed by atoms with Crippen LogP contribution < -0.4 is 14.8 Å². The smallest absolute Gasteiger partial charge is 0.247 e. The van der Waals surface area contributed by atoms with Crippen LogP contribution in [0.25, 0.3) is 0 Å². The van der Waals surface area contributed by atoms with Crippen LogP contribution in [0.4, 0.5) is 0 Å². The number of thiophene rings is 1. The van der Waals surface area contributed by atoms with Crippen LogP contribution in [0.5, 0.6) is 11.5 Å². The lowest BCUT2D eigenvalue weighted by Crippen LogP contribution is -2.47. The number of nitrogens with one attached hydrogen (secondary N) is 1. The molecule has 0 unspecified atom stereocenters. The van der Waals surface area contributed by atoms with Gasteiger partial charge in [0.05, 0.1) is 27.2 Å². The van der Waals surface area contributed by atoms with Crippen molar-refractivity contribution in [3.8, 4) is 11.5 Å². The molecule has 0 saturated heterocycles. The minimum atomic E-state index is -0.782. The van der Waals surface area contributed by atoms with Gasteiger partial charge in [-0.2, -0.15) is 0 Å². The Bertz CT molecular complexity index is 1120. The highest BCUT2D eigenvalue weighted by Gasteiger charge is 2.33. The van der Waals surface area contributed by atoms with Crippen LogP contribution in [0.3, 0.4) is 0 Å². The molecule has 4 rings (SSSR count). The second-order valence-electron chi connectivity index (χ2n) is 9.11. The van der Waals surface area contributed by atoms with Gasteiger partial charge in [-0.25, -0.2) is 0 Å². The van der Waals surface area contributed by atoms with E-state index < -0.39 is 6.04 Å². The Labute approximate surface area is 217 Å². The lowest BCUT2D eigenvalue weighted by Gasteiger charge is -2.34. The van der Waals surface area contributed by atoms with E-state index in [2.05, 4.69) is 5.32 Å². The molecule has 0 aliphatic heterocycles. The van der Waals surface area contributed by atoms with Gasteiger partial charge in [-0.05, 0) is 48.1 Å². The van der Waals surface area contributed by atoms with Crippen LogP contribution in [0.2, 0.25) is 0 Å². The first-order valence-corrected chi connectivity index (χ1v) is 13.3. The fourth-order valence-corrected chi connectivity index (χ4v) is 5.49. The van der Waals surface area contributed by atoms with Gasteiger partial charge in [0.2, 0.25) is 11.8 Å². The number of para-hydroxylation sites is 1. The van der Waals surface area contributed by atoms with Gasteiger partial charge in [0.15, 0.2) is 0 Å². The zero-order chi connectivity index (χ0) is 25.3. The number of benzene rings is 2. The number of amides is 2. The topological polar surface area (TPSA) is 67.9 Å². The van der Waals surface area contributed by atoms with Crippen molar-refractivity contribution in [2.24, 2.45) is 0 Å². The van der Waals surface area contributed by atoms with Gasteiger partial charge in [-0.15, -0.1) is 11.3 Å². The largest absolute Gasteiger partial charge is 0.497 e. The summed E-state index contributed by atoms with van der Waals surface area (Å²) in [7, 11) is 3.23. The minimum Gasteiger partial charge on any atom is -0.497 e. The fraction of sp³-hybridized carbons (Fsp3) is 0.379. The highest BCUT2D eigenvalue weighted by Crippen LogP contribution is 2.30. The number of rotatable bonds is 10. The van der Waals surface area contributed by atoms with Crippen LogP contribution in [-0.2, 0) is 22.6 Å². The Morgan fingerprint density at radius 3 is 2.39 bits per heavy atom. The SMILES string of the molecule is COc1ccc([C@H](C(=O)NC2CCCCC2)N(Cc2ccccc2OC)C(=O)Cc2cccs2)cc1. The summed E-state index contributed by atoms with van der Waals surface area (Å²) in [6.45, 7) is 0.253. The molecule has 1 N–H and O–H groups in total. The highest BCUT2D eigenvalue weighted by atomic mass is 32.1. The molecule has 1 aliphatic rings. The van der Waals surface area contributed by atoms with Gasteiger partial charge in [-0.1, -0.05) is 55.7 Å². The van der Waals surface area contributed by atoms with Crippen molar-refractivity contribution in [1.29, 1.82) is 0 Å². The van der Waals surface area contributed by atoms with E-state index in [0.29, 0.717) is 11.5 Å². The summed E-state index contributed by atoms with van der Waals surface area (Å²) < 4.78 is 10.9. The standard InChI is InChI=1S/C29H34N2O4S/c1-34-24-16-14-21(15-17-24)28(29(33)30-23-10-4-3-5-11-23)31(27(32)19-25-12-8-18-36-25)20-22-9-6-7-13-26(22)35-2/h6-9,12-18,23,28H,3-5,10-11,19-20H2,1-2H3,(H,30,33)/t28-/m1/s1. The highest BCUT2D eigenvalue weighted by molar-refractivity contribution is 7.10. The van der Waals surface area contributed by atoms with E-state index in [1.54, 1.807) is 30.5 Å². The van der Waals surface area contributed by atoms with E-state index in [-0.39, 0.29) is 30.8 Å². The number of ether oxygens (including phenoxy) is 2. The number of carbonyl (C=O) groups excluding carboxylic acids is 2. The van der Waals surface area contributed by atoms with Crippen LogP contribution in [-0.4, -0.2) is 37.0 Å². The Morgan fingerprint density at radius 2 is 1.72 bits per heavy atom. The summed E-state index contributed by atoms with van der Waals surface area (Å²) in [5.41, 5.74) is 1.60. The number of hydrogen-bond donors (Lipinski definition) is 1. The minimum absolute atomic E-state index is 0.108. The predicted molar refractivity (Wildman–Crippen MR) is 142 cm³/mol. The molecule has 1 fully saturated rings. The second-order valence-corrected chi connectivity index (χ2v) is 10.1. The molecule has 1 aromatic heterocycles. The average molecular weight is 507 g/mol. The van der Waals surface area contributed by atoms with E-state index in [4.69, 9.17) is 9.47 Å². The van der Waals surface area contributed by atoms with Crippen LogP contribution in [0.1, 0.15) is 54.1 Å². The van der Waals surface area contributed by atoms with Gasteiger partial charge in [0, 0.05) is 16.5 Å². The Morgan fingerprint density at radius 1 is 0.972 bits per heavy atom. The van der Waals surface area contributed by atoms with Crippen LogP contribution >= 0.6 is 11.3 Å². The third-order valence-electron chi connectivity index (χ3n) is 6.70. The molecule has 36 heavy (non-hydrogen) atoms. The van der Waals surface area contributed by atoms with Gasteiger partial charge >= 0.3 is 0 Å². The summed E-state index contributed by atoms with van der Waals surface area (Å²) in [4.78, 5) is 30.4. The first kappa shape index (κ1) is 25.8. The summed E-state index contributed by atoms with van der Waals surface area (Å²) in [6, 6.07) is 18.3. The van der Waals surface area contributed by atoms with E-state index in [1.807, 2.05) is 66.0 Å². The summed E-state index contributed by atoms with van der Waals surface area (Å²) in [6.07, 6.45) is 5.60. The molecule has 1 saturated carbocycles. The van der Waals surface area contributed by atoms with E-state index in [0.717, 1.165) is 41.7 Å². The molecule has 2 aromatic carbocycles. The van der Waals surface area contributed by atoms with Crippen molar-refractivity contribution in [2.75, 3.05) is 14.2 Å². The van der Waals surface area contributed by atoms with Crippen molar-refractivity contribution in [2.45, 2.75) is 57.2 Å². The molecule has 7 heteroatoms. The molecular formula is C29H34N2O4S. The van der Waals surface area contributed by atoms with Crippen molar-refractivity contribution in [1.82, 2.24) is 10.2 Å². The number of methoxy groups -OCH3 is 2. The zero-order valence-electron chi connectivity index (χ0n) is 20.9. The van der Waals surface area contributed by atoms with Gasteiger partial charge < -0.3 is 19.7 Å². The Hall–Kier alpha value is -3.32.